The van der Waals surface area contributed by atoms with Gasteiger partial charge in [0.25, 0.3) is 0 Å². The first-order chi connectivity index (χ1) is 6.75. The zero-order chi connectivity index (χ0) is 9.97. The molecule has 1 aromatic carbocycles. The van der Waals surface area contributed by atoms with Crippen LogP contribution in [0.5, 0.6) is 0 Å². The molecule has 0 fully saturated rings. The van der Waals surface area contributed by atoms with Gasteiger partial charge in [-0.2, -0.15) is 0 Å². The van der Waals surface area contributed by atoms with Crippen molar-refractivity contribution >= 4 is 28.1 Å². The van der Waals surface area contributed by atoms with Gasteiger partial charge >= 0.3 is 0 Å². The summed E-state index contributed by atoms with van der Waals surface area (Å²) in [6.07, 6.45) is 2.25. The van der Waals surface area contributed by atoms with Gasteiger partial charge < -0.3 is 5.73 Å². The summed E-state index contributed by atoms with van der Waals surface area (Å²) >= 11 is 4.80. The smallest absolute Gasteiger partial charge is 0.135 e. The number of rotatable bonds is 2. The first-order valence-corrected chi connectivity index (χ1v) is 4.65. The van der Waals surface area contributed by atoms with E-state index in [2.05, 4.69) is 9.97 Å². The molecule has 0 unspecified atom stereocenters. The zero-order valence-electron chi connectivity index (χ0n) is 7.47. The highest BCUT2D eigenvalue weighted by molar-refractivity contribution is 7.80. The Morgan fingerprint density at radius 1 is 1.36 bits per heavy atom. The maximum Gasteiger partial charge on any atom is 0.135 e. The molecule has 0 saturated carbocycles. The van der Waals surface area contributed by atoms with E-state index >= 15 is 0 Å². The molecule has 2 N–H and O–H groups in total. The second-order valence-electron chi connectivity index (χ2n) is 2.99. The van der Waals surface area contributed by atoms with E-state index in [1.807, 2.05) is 24.3 Å². The van der Waals surface area contributed by atoms with Crippen LogP contribution < -0.4 is 5.73 Å². The SMILES string of the molecule is NC(=S)Cc1ncc2ccccc2n1. The molecule has 1 aromatic heterocycles. The monoisotopic (exact) mass is 203 g/mol. The lowest BCUT2D eigenvalue weighted by molar-refractivity contribution is 1.04. The molecule has 2 aromatic rings. The largest absolute Gasteiger partial charge is 0.393 e. The van der Waals surface area contributed by atoms with Crippen molar-refractivity contribution in [2.75, 3.05) is 0 Å². The molecule has 0 aliphatic rings. The number of benzene rings is 1. The van der Waals surface area contributed by atoms with Crippen molar-refractivity contribution in [3.05, 3.63) is 36.3 Å². The molecule has 14 heavy (non-hydrogen) atoms. The van der Waals surface area contributed by atoms with Gasteiger partial charge in [-0.3, -0.25) is 0 Å². The lowest BCUT2D eigenvalue weighted by atomic mass is 10.2. The fourth-order valence-corrected chi connectivity index (χ4v) is 1.38. The fourth-order valence-electron chi connectivity index (χ4n) is 1.25. The fraction of sp³-hybridized carbons (Fsp3) is 0.100. The molecule has 0 amide bonds. The Balaban J connectivity index is 2.46. The van der Waals surface area contributed by atoms with E-state index in [9.17, 15) is 0 Å². The Kier molecular flexibility index (Phi) is 2.37. The highest BCUT2D eigenvalue weighted by Crippen LogP contribution is 2.09. The molecule has 2 rings (SSSR count). The first kappa shape index (κ1) is 9.02. The van der Waals surface area contributed by atoms with Crippen LogP contribution in [0.4, 0.5) is 0 Å². The molecule has 0 spiro atoms. The third kappa shape index (κ3) is 1.85. The van der Waals surface area contributed by atoms with E-state index in [0.29, 0.717) is 17.2 Å². The molecular weight excluding hydrogens is 194 g/mol. The topological polar surface area (TPSA) is 51.8 Å². The van der Waals surface area contributed by atoms with Gasteiger partial charge in [0.1, 0.15) is 5.82 Å². The van der Waals surface area contributed by atoms with Crippen LogP contribution in [0.15, 0.2) is 30.5 Å². The summed E-state index contributed by atoms with van der Waals surface area (Å²) < 4.78 is 0. The third-order valence-electron chi connectivity index (χ3n) is 1.87. The number of nitrogens with two attached hydrogens (primary N) is 1. The van der Waals surface area contributed by atoms with Gasteiger partial charge in [-0.05, 0) is 6.07 Å². The Hall–Kier alpha value is -1.55. The van der Waals surface area contributed by atoms with Crippen molar-refractivity contribution in [1.29, 1.82) is 0 Å². The van der Waals surface area contributed by atoms with Gasteiger partial charge in [-0.15, -0.1) is 0 Å². The minimum Gasteiger partial charge on any atom is -0.393 e. The zero-order valence-corrected chi connectivity index (χ0v) is 8.29. The predicted molar refractivity (Wildman–Crippen MR) is 60.0 cm³/mol. The minimum atomic E-state index is 0.417. The Bertz CT molecular complexity index is 482. The van der Waals surface area contributed by atoms with Gasteiger partial charge in [-0.25, -0.2) is 9.97 Å². The summed E-state index contributed by atoms with van der Waals surface area (Å²) in [5, 5.41) is 1.03. The summed E-state index contributed by atoms with van der Waals surface area (Å²) in [5.74, 6) is 0.677. The maximum absolute atomic E-state index is 5.42. The van der Waals surface area contributed by atoms with Crippen LogP contribution in [0.25, 0.3) is 10.9 Å². The van der Waals surface area contributed by atoms with Crippen LogP contribution in [-0.2, 0) is 6.42 Å². The number of fused-ring (bicyclic) bond motifs is 1. The van der Waals surface area contributed by atoms with Crippen molar-refractivity contribution < 1.29 is 0 Å². The minimum absolute atomic E-state index is 0.417. The summed E-state index contributed by atoms with van der Waals surface area (Å²) in [4.78, 5) is 8.92. The van der Waals surface area contributed by atoms with Crippen molar-refractivity contribution in [3.63, 3.8) is 0 Å². The van der Waals surface area contributed by atoms with E-state index in [1.165, 1.54) is 0 Å². The molecule has 0 aliphatic heterocycles. The predicted octanol–water partition coefficient (Wildman–Crippen LogP) is 1.46. The van der Waals surface area contributed by atoms with Gasteiger partial charge in [-0.1, -0.05) is 30.4 Å². The molecule has 0 saturated heterocycles. The van der Waals surface area contributed by atoms with Gasteiger partial charge in [0.05, 0.1) is 16.9 Å². The molecule has 3 nitrogen and oxygen atoms in total. The van der Waals surface area contributed by atoms with Crippen molar-refractivity contribution in [2.45, 2.75) is 6.42 Å². The lowest BCUT2D eigenvalue weighted by Crippen LogP contribution is -2.13. The standard InChI is InChI=1S/C10H9N3S/c11-9(14)5-10-12-6-7-3-1-2-4-8(7)13-10/h1-4,6H,5H2,(H2,11,14). The van der Waals surface area contributed by atoms with Crippen LogP contribution >= 0.6 is 12.2 Å². The van der Waals surface area contributed by atoms with Crippen LogP contribution in [0, 0.1) is 0 Å². The van der Waals surface area contributed by atoms with Crippen molar-refractivity contribution in [1.82, 2.24) is 9.97 Å². The Morgan fingerprint density at radius 2 is 2.14 bits per heavy atom. The molecule has 70 valence electrons. The van der Waals surface area contributed by atoms with Crippen molar-refractivity contribution in [3.8, 4) is 0 Å². The Labute approximate surface area is 87.0 Å². The number of hydrogen-bond acceptors (Lipinski definition) is 3. The number of nitrogens with zero attached hydrogens (tertiary/aromatic N) is 2. The maximum atomic E-state index is 5.42. The first-order valence-electron chi connectivity index (χ1n) is 4.24. The average molecular weight is 203 g/mol. The molecular formula is C10H9N3S. The average Bonchev–Trinajstić information content (AvgIpc) is 2.17. The second-order valence-corrected chi connectivity index (χ2v) is 3.51. The molecule has 0 atom stereocenters. The quantitative estimate of drug-likeness (QED) is 0.751. The third-order valence-corrected chi connectivity index (χ3v) is 2.02. The summed E-state index contributed by atoms with van der Waals surface area (Å²) in [5.41, 5.74) is 6.34. The normalized spacial score (nSPS) is 10.3. The van der Waals surface area contributed by atoms with Crippen molar-refractivity contribution in [2.24, 2.45) is 5.73 Å². The summed E-state index contributed by atoms with van der Waals surface area (Å²) in [6.45, 7) is 0. The van der Waals surface area contributed by atoms with E-state index in [4.69, 9.17) is 18.0 Å². The number of para-hydroxylation sites is 1. The highest BCUT2D eigenvalue weighted by atomic mass is 32.1. The number of hydrogen-bond donors (Lipinski definition) is 1. The summed E-state index contributed by atoms with van der Waals surface area (Å²) in [6, 6.07) is 7.82. The highest BCUT2D eigenvalue weighted by Gasteiger charge is 2.00. The lowest BCUT2D eigenvalue weighted by Gasteiger charge is -2.00. The van der Waals surface area contributed by atoms with E-state index in [-0.39, 0.29) is 0 Å². The number of aromatic nitrogens is 2. The summed E-state index contributed by atoms with van der Waals surface area (Å²) in [7, 11) is 0. The van der Waals surface area contributed by atoms with Crippen LogP contribution in [-0.4, -0.2) is 15.0 Å². The van der Waals surface area contributed by atoms with Gasteiger partial charge in [0.2, 0.25) is 0 Å². The molecule has 0 bridgehead atoms. The van der Waals surface area contributed by atoms with Crippen LogP contribution in [0.3, 0.4) is 0 Å². The van der Waals surface area contributed by atoms with E-state index < -0.39 is 0 Å². The molecule has 0 aliphatic carbocycles. The van der Waals surface area contributed by atoms with Crippen LogP contribution in [0.1, 0.15) is 5.82 Å². The second kappa shape index (κ2) is 3.67. The molecule has 1 heterocycles. The molecule has 4 heteroatoms. The molecule has 0 radical (unpaired) electrons. The van der Waals surface area contributed by atoms with E-state index in [1.54, 1.807) is 6.20 Å². The number of thiocarbonyl (C=S) groups is 1. The van der Waals surface area contributed by atoms with E-state index in [0.717, 1.165) is 10.9 Å². The van der Waals surface area contributed by atoms with Gasteiger partial charge in [0.15, 0.2) is 0 Å². The Morgan fingerprint density at radius 3 is 2.93 bits per heavy atom. The van der Waals surface area contributed by atoms with Gasteiger partial charge in [0, 0.05) is 11.6 Å². The van der Waals surface area contributed by atoms with Crippen LogP contribution in [0.2, 0.25) is 0 Å².